The van der Waals surface area contributed by atoms with Crippen LogP contribution in [-0.4, -0.2) is 32.6 Å². The van der Waals surface area contributed by atoms with Crippen LogP contribution < -0.4 is 0 Å². The lowest BCUT2D eigenvalue weighted by Gasteiger charge is -2.34. The Kier molecular flexibility index (Phi) is 4.15. The van der Waals surface area contributed by atoms with E-state index in [-0.39, 0.29) is 0 Å². The predicted octanol–water partition coefficient (Wildman–Crippen LogP) is 1.59. The summed E-state index contributed by atoms with van der Waals surface area (Å²) in [5.74, 6) is 0. The third-order valence-corrected chi connectivity index (χ3v) is 3.48. The Hall–Kier alpha value is -0.120. The highest BCUT2D eigenvalue weighted by molar-refractivity contribution is 4.85. The Morgan fingerprint density at radius 3 is 2.20 bits per heavy atom. The molecule has 0 aromatic rings. The highest BCUT2D eigenvalue weighted by Crippen LogP contribution is 2.33. The van der Waals surface area contributed by atoms with Gasteiger partial charge in [0, 0.05) is 0 Å². The van der Waals surface area contributed by atoms with E-state index in [0.717, 1.165) is 25.7 Å². The third-order valence-electron chi connectivity index (χ3n) is 3.48. The molecule has 1 rings (SSSR count). The Morgan fingerprint density at radius 1 is 1.20 bits per heavy atom. The average Bonchev–Trinajstić information content (AvgIpc) is 2.14. The van der Waals surface area contributed by atoms with E-state index in [4.69, 9.17) is 0 Å². The fourth-order valence-electron chi connectivity index (χ4n) is 2.22. The van der Waals surface area contributed by atoms with Crippen LogP contribution in [0.5, 0.6) is 0 Å². The maximum Gasteiger partial charge on any atom is 0.0849 e. The highest BCUT2D eigenvalue weighted by atomic mass is 16.3. The van der Waals surface area contributed by atoms with Crippen LogP contribution in [0.15, 0.2) is 0 Å². The smallest absolute Gasteiger partial charge is 0.0849 e. The first-order chi connectivity index (χ1) is 6.83. The molecule has 15 heavy (non-hydrogen) atoms. The molecule has 90 valence electrons. The standard InChI is InChI=1S/C12H24O3/c1-11(2,14)10(13)6-9-12(15)7-4-3-5-8-12/h10,13-15H,3-9H2,1-2H3. The quantitative estimate of drug-likeness (QED) is 0.669. The van der Waals surface area contributed by atoms with Crippen molar-refractivity contribution in [2.75, 3.05) is 0 Å². The van der Waals surface area contributed by atoms with Gasteiger partial charge in [0.15, 0.2) is 0 Å². The van der Waals surface area contributed by atoms with Gasteiger partial charge in [0.1, 0.15) is 0 Å². The van der Waals surface area contributed by atoms with Crippen molar-refractivity contribution >= 4 is 0 Å². The van der Waals surface area contributed by atoms with Crippen molar-refractivity contribution in [2.24, 2.45) is 0 Å². The second-order valence-corrected chi connectivity index (χ2v) is 5.49. The van der Waals surface area contributed by atoms with Crippen molar-refractivity contribution in [3.05, 3.63) is 0 Å². The maximum atomic E-state index is 10.2. The van der Waals surface area contributed by atoms with Gasteiger partial charge in [-0.05, 0) is 39.5 Å². The van der Waals surface area contributed by atoms with Gasteiger partial charge in [0.2, 0.25) is 0 Å². The minimum atomic E-state index is -1.06. The molecule has 0 amide bonds. The van der Waals surface area contributed by atoms with Crippen LogP contribution in [0.25, 0.3) is 0 Å². The van der Waals surface area contributed by atoms with Gasteiger partial charge in [-0.3, -0.25) is 0 Å². The molecule has 0 saturated heterocycles. The Bertz CT molecular complexity index is 190. The molecule has 0 spiro atoms. The molecule has 3 heteroatoms. The first kappa shape index (κ1) is 12.9. The zero-order valence-corrected chi connectivity index (χ0v) is 9.87. The number of aliphatic hydroxyl groups is 3. The van der Waals surface area contributed by atoms with E-state index < -0.39 is 17.3 Å². The topological polar surface area (TPSA) is 60.7 Å². The summed E-state index contributed by atoms with van der Waals surface area (Å²) in [4.78, 5) is 0. The second-order valence-electron chi connectivity index (χ2n) is 5.49. The van der Waals surface area contributed by atoms with E-state index in [1.165, 1.54) is 6.42 Å². The van der Waals surface area contributed by atoms with Crippen molar-refractivity contribution in [3.8, 4) is 0 Å². The fraction of sp³-hybridized carbons (Fsp3) is 1.00. The molecule has 3 nitrogen and oxygen atoms in total. The summed E-state index contributed by atoms with van der Waals surface area (Å²) in [6, 6.07) is 0. The van der Waals surface area contributed by atoms with E-state index in [2.05, 4.69) is 0 Å². The zero-order chi connectivity index (χ0) is 11.5. The number of hydrogen-bond donors (Lipinski definition) is 3. The van der Waals surface area contributed by atoms with Crippen molar-refractivity contribution in [1.29, 1.82) is 0 Å². The molecule has 0 aromatic carbocycles. The van der Waals surface area contributed by atoms with Crippen molar-refractivity contribution in [1.82, 2.24) is 0 Å². The number of aliphatic hydroxyl groups excluding tert-OH is 1. The van der Waals surface area contributed by atoms with Gasteiger partial charge < -0.3 is 15.3 Å². The predicted molar refractivity (Wildman–Crippen MR) is 59.6 cm³/mol. The highest BCUT2D eigenvalue weighted by Gasteiger charge is 2.32. The van der Waals surface area contributed by atoms with Crippen molar-refractivity contribution in [2.45, 2.75) is 76.1 Å². The van der Waals surface area contributed by atoms with Crippen LogP contribution in [0.1, 0.15) is 58.8 Å². The van der Waals surface area contributed by atoms with E-state index in [0.29, 0.717) is 12.8 Å². The van der Waals surface area contributed by atoms with Gasteiger partial charge in [-0.1, -0.05) is 19.3 Å². The van der Waals surface area contributed by atoms with Gasteiger partial charge in [-0.2, -0.15) is 0 Å². The SMILES string of the molecule is CC(C)(O)C(O)CCC1(O)CCCCC1. The molecule has 0 aromatic heterocycles. The van der Waals surface area contributed by atoms with Gasteiger partial charge in [0.05, 0.1) is 17.3 Å². The van der Waals surface area contributed by atoms with Crippen LogP contribution in [0.4, 0.5) is 0 Å². The summed E-state index contributed by atoms with van der Waals surface area (Å²) in [6.45, 7) is 3.20. The molecule has 0 heterocycles. The van der Waals surface area contributed by atoms with Gasteiger partial charge in [-0.25, -0.2) is 0 Å². The lowest BCUT2D eigenvalue weighted by atomic mass is 9.80. The van der Waals surface area contributed by atoms with Crippen molar-refractivity contribution < 1.29 is 15.3 Å². The summed E-state index contributed by atoms with van der Waals surface area (Å²) in [6.07, 6.45) is 5.36. The van der Waals surface area contributed by atoms with Gasteiger partial charge in [-0.15, -0.1) is 0 Å². The average molecular weight is 216 g/mol. The molecular weight excluding hydrogens is 192 g/mol. The van der Waals surface area contributed by atoms with E-state index >= 15 is 0 Å². The second kappa shape index (κ2) is 4.81. The summed E-state index contributed by atoms with van der Waals surface area (Å²) in [5, 5.41) is 29.4. The summed E-state index contributed by atoms with van der Waals surface area (Å²) in [7, 11) is 0. The molecule has 0 bridgehead atoms. The minimum absolute atomic E-state index is 0.472. The Balaban J connectivity index is 2.35. The summed E-state index contributed by atoms with van der Waals surface area (Å²) >= 11 is 0. The van der Waals surface area contributed by atoms with E-state index in [1.807, 2.05) is 0 Å². The Morgan fingerprint density at radius 2 is 1.73 bits per heavy atom. The minimum Gasteiger partial charge on any atom is -0.390 e. The molecule has 1 atom stereocenters. The van der Waals surface area contributed by atoms with Crippen molar-refractivity contribution in [3.63, 3.8) is 0 Å². The molecule has 0 radical (unpaired) electrons. The van der Waals surface area contributed by atoms with Crippen LogP contribution >= 0.6 is 0 Å². The molecule has 3 N–H and O–H groups in total. The van der Waals surface area contributed by atoms with Crippen LogP contribution in [-0.2, 0) is 0 Å². The molecule has 1 saturated carbocycles. The molecule has 1 aliphatic carbocycles. The third kappa shape index (κ3) is 4.09. The monoisotopic (exact) mass is 216 g/mol. The number of hydrogen-bond acceptors (Lipinski definition) is 3. The van der Waals surface area contributed by atoms with Gasteiger partial charge in [0.25, 0.3) is 0 Å². The normalized spacial score (nSPS) is 23.8. The first-order valence-electron chi connectivity index (χ1n) is 5.96. The van der Waals surface area contributed by atoms with Gasteiger partial charge >= 0.3 is 0 Å². The lowest BCUT2D eigenvalue weighted by Crippen LogP contribution is -2.39. The van der Waals surface area contributed by atoms with Crippen LogP contribution in [0, 0.1) is 0 Å². The largest absolute Gasteiger partial charge is 0.390 e. The zero-order valence-electron chi connectivity index (χ0n) is 9.87. The fourth-order valence-corrected chi connectivity index (χ4v) is 2.22. The molecular formula is C12H24O3. The number of rotatable bonds is 4. The van der Waals surface area contributed by atoms with Crippen LogP contribution in [0.3, 0.4) is 0 Å². The molecule has 1 unspecified atom stereocenters. The van der Waals surface area contributed by atoms with E-state index in [1.54, 1.807) is 13.8 Å². The molecule has 0 aliphatic heterocycles. The summed E-state index contributed by atoms with van der Waals surface area (Å²) in [5.41, 5.74) is -1.66. The van der Waals surface area contributed by atoms with Crippen LogP contribution in [0.2, 0.25) is 0 Å². The lowest BCUT2D eigenvalue weighted by molar-refractivity contribution is -0.0711. The molecule has 1 fully saturated rings. The first-order valence-corrected chi connectivity index (χ1v) is 5.96. The Labute approximate surface area is 92.1 Å². The molecule has 1 aliphatic rings. The maximum absolute atomic E-state index is 10.2. The van der Waals surface area contributed by atoms with E-state index in [9.17, 15) is 15.3 Å². The summed E-state index contributed by atoms with van der Waals surface area (Å²) < 4.78 is 0.